The first kappa shape index (κ1) is 10.6. The van der Waals surface area contributed by atoms with E-state index in [0.717, 1.165) is 12.0 Å². The molecule has 0 aromatic heterocycles. The van der Waals surface area contributed by atoms with Crippen molar-refractivity contribution >= 4 is 17.7 Å². The van der Waals surface area contributed by atoms with Crippen molar-refractivity contribution in [3.63, 3.8) is 0 Å². The van der Waals surface area contributed by atoms with E-state index in [-0.39, 0.29) is 16.1 Å². The minimum atomic E-state index is -0.367. The fourth-order valence-corrected chi connectivity index (χ4v) is 3.10. The Morgan fingerprint density at radius 3 is 2.38 bits per heavy atom. The van der Waals surface area contributed by atoms with Gasteiger partial charge in [0.05, 0.1) is 7.11 Å². The highest BCUT2D eigenvalue weighted by molar-refractivity contribution is 8.01. The second-order valence-electron chi connectivity index (χ2n) is 3.81. The second kappa shape index (κ2) is 3.05. The molecule has 1 fully saturated rings. The number of rotatable bonds is 3. The van der Waals surface area contributed by atoms with E-state index in [0.29, 0.717) is 0 Å². The van der Waals surface area contributed by atoms with Gasteiger partial charge in [-0.25, -0.2) is 0 Å². The van der Waals surface area contributed by atoms with Crippen LogP contribution in [0.1, 0.15) is 20.3 Å². The second-order valence-corrected chi connectivity index (χ2v) is 4.92. The number of methoxy groups -OCH3 is 1. The number of ether oxygens (including phenoxy) is 1. The van der Waals surface area contributed by atoms with E-state index in [4.69, 9.17) is 4.74 Å². The molecule has 0 N–H and O–H groups in total. The first-order chi connectivity index (χ1) is 5.94. The highest BCUT2D eigenvalue weighted by atomic mass is 32.2. The fourth-order valence-electron chi connectivity index (χ4n) is 1.79. The minimum absolute atomic E-state index is 0.0699. The van der Waals surface area contributed by atoms with Crippen molar-refractivity contribution in [3.05, 3.63) is 12.2 Å². The molecule has 2 atom stereocenters. The summed E-state index contributed by atoms with van der Waals surface area (Å²) in [4.78, 5) is 11.6. The van der Waals surface area contributed by atoms with Crippen LogP contribution < -0.4 is 0 Å². The molecule has 0 heterocycles. The standard InChI is InChI=1S/C10H16O2S/c1-7(2)9(3)6-10(9,13-5)8(11)12-4/h1,6H2,2-5H3. The highest BCUT2D eigenvalue weighted by Crippen LogP contribution is 2.67. The number of hydrogen-bond donors (Lipinski definition) is 0. The number of carbonyl (C=O) groups excluding carboxylic acids is 1. The average Bonchev–Trinajstić information content (AvgIpc) is 2.73. The highest BCUT2D eigenvalue weighted by Gasteiger charge is 2.70. The molecule has 0 aromatic carbocycles. The number of hydrogen-bond acceptors (Lipinski definition) is 3. The van der Waals surface area contributed by atoms with Gasteiger partial charge in [-0.2, -0.15) is 0 Å². The van der Waals surface area contributed by atoms with E-state index >= 15 is 0 Å². The van der Waals surface area contributed by atoms with Crippen molar-refractivity contribution in [3.8, 4) is 0 Å². The van der Waals surface area contributed by atoms with Crippen LogP contribution in [0.15, 0.2) is 12.2 Å². The Labute approximate surface area is 83.7 Å². The molecule has 0 radical (unpaired) electrons. The summed E-state index contributed by atoms with van der Waals surface area (Å²) in [5.74, 6) is -0.120. The van der Waals surface area contributed by atoms with Gasteiger partial charge in [-0.1, -0.05) is 19.1 Å². The van der Waals surface area contributed by atoms with Gasteiger partial charge in [0.1, 0.15) is 4.75 Å². The van der Waals surface area contributed by atoms with Crippen LogP contribution in [-0.2, 0) is 9.53 Å². The van der Waals surface area contributed by atoms with Gasteiger partial charge in [-0.3, -0.25) is 4.79 Å². The first-order valence-corrected chi connectivity index (χ1v) is 5.46. The normalized spacial score (nSPS) is 36.9. The first-order valence-electron chi connectivity index (χ1n) is 4.24. The lowest BCUT2D eigenvalue weighted by Gasteiger charge is -2.18. The van der Waals surface area contributed by atoms with Gasteiger partial charge in [0.25, 0.3) is 0 Å². The maximum Gasteiger partial charge on any atom is 0.322 e. The molecule has 0 bridgehead atoms. The topological polar surface area (TPSA) is 26.3 Å². The smallest absolute Gasteiger partial charge is 0.322 e. The average molecular weight is 200 g/mol. The molecular formula is C10H16O2S. The van der Waals surface area contributed by atoms with Gasteiger partial charge >= 0.3 is 5.97 Å². The molecule has 13 heavy (non-hydrogen) atoms. The fraction of sp³-hybridized carbons (Fsp3) is 0.700. The van der Waals surface area contributed by atoms with Crippen LogP contribution >= 0.6 is 11.8 Å². The SMILES string of the molecule is C=C(C)C1(C)CC1(SC)C(=O)OC. The van der Waals surface area contributed by atoms with E-state index in [1.165, 1.54) is 7.11 Å². The molecule has 2 nitrogen and oxygen atoms in total. The predicted octanol–water partition coefficient (Wildman–Crippen LogP) is 2.25. The minimum Gasteiger partial charge on any atom is -0.468 e. The molecule has 0 saturated heterocycles. The number of esters is 1. The Morgan fingerprint density at radius 2 is 2.15 bits per heavy atom. The van der Waals surface area contributed by atoms with Gasteiger partial charge in [0.15, 0.2) is 0 Å². The number of allylic oxidation sites excluding steroid dienone is 1. The largest absolute Gasteiger partial charge is 0.468 e. The van der Waals surface area contributed by atoms with Crippen LogP contribution in [-0.4, -0.2) is 24.1 Å². The maximum atomic E-state index is 11.6. The van der Waals surface area contributed by atoms with Crippen LogP contribution in [0.2, 0.25) is 0 Å². The molecule has 1 rings (SSSR count). The summed E-state index contributed by atoms with van der Waals surface area (Å²) in [7, 11) is 1.44. The molecule has 1 aliphatic rings. The maximum absolute atomic E-state index is 11.6. The van der Waals surface area contributed by atoms with Crippen LogP contribution in [0.3, 0.4) is 0 Å². The third-order valence-corrected chi connectivity index (χ3v) is 4.63. The Bertz CT molecular complexity index is 262. The number of carbonyl (C=O) groups is 1. The molecule has 2 unspecified atom stereocenters. The summed E-state index contributed by atoms with van der Waals surface area (Å²) < 4.78 is 4.45. The summed E-state index contributed by atoms with van der Waals surface area (Å²) in [5, 5.41) is 0. The molecule has 74 valence electrons. The van der Waals surface area contributed by atoms with Gasteiger partial charge in [-0.15, -0.1) is 11.8 Å². The van der Waals surface area contributed by atoms with Crippen molar-refractivity contribution in [2.75, 3.05) is 13.4 Å². The molecule has 3 heteroatoms. The van der Waals surface area contributed by atoms with Crippen molar-refractivity contribution in [2.24, 2.45) is 5.41 Å². The molecule has 0 amide bonds. The third kappa shape index (κ3) is 1.21. The summed E-state index contributed by atoms with van der Waals surface area (Å²) in [6, 6.07) is 0. The summed E-state index contributed by atoms with van der Waals surface area (Å²) >= 11 is 1.57. The number of thioether (sulfide) groups is 1. The van der Waals surface area contributed by atoms with Crippen molar-refractivity contribution in [1.29, 1.82) is 0 Å². The van der Waals surface area contributed by atoms with Crippen LogP contribution in [0.4, 0.5) is 0 Å². The zero-order valence-electron chi connectivity index (χ0n) is 8.64. The van der Waals surface area contributed by atoms with Crippen LogP contribution in [0.25, 0.3) is 0 Å². The van der Waals surface area contributed by atoms with Crippen molar-refractivity contribution in [1.82, 2.24) is 0 Å². The molecule has 0 aromatic rings. The van der Waals surface area contributed by atoms with E-state index < -0.39 is 0 Å². The Kier molecular flexibility index (Phi) is 2.50. The van der Waals surface area contributed by atoms with Gasteiger partial charge in [0, 0.05) is 5.41 Å². The molecular weight excluding hydrogens is 184 g/mol. The van der Waals surface area contributed by atoms with E-state index in [1.54, 1.807) is 11.8 Å². The monoisotopic (exact) mass is 200 g/mol. The van der Waals surface area contributed by atoms with E-state index in [1.807, 2.05) is 13.2 Å². The lowest BCUT2D eigenvalue weighted by Crippen LogP contribution is -2.27. The molecule has 0 aliphatic heterocycles. The van der Waals surface area contributed by atoms with Crippen LogP contribution in [0.5, 0.6) is 0 Å². The van der Waals surface area contributed by atoms with Crippen molar-refractivity contribution < 1.29 is 9.53 Å². The molecule has 0 spiro atoms. The van der Waals surface area contributed by atoms with Gasteiger partial charge < -0.3 is 4.74 Å². The summed E-state index contributed by atoms with van der Waals surface area (Å²) in [5.41, 5.74) is 0.992. The van der Waals surface area contributed by atoms with E-state index in [2.05, 4.69) is 13.5 Å². The Hall–Kier alpha value is -0.440. The van der Waals surface area contributed by atoms with Gasteiger partial charge in [0.2, 0.25) is 0 Å². The molecule has 1 saturated carbocycles. The van der Waals surface area contributed by atoms with Crippen molar-refractivity contribution in [2.45, 2.75) is 25.0 Å². The quantitative estimate of drug-likeness (QED) is 0.516. The zero-order chi connectivity index (χ0) is 10.3. The summed E-state index contributed by atoms with van der Waals surface area (Å²) in [6.45, 7) is 7.97. The Balaban J connectivity index is 2.91. The lowest BCUT2D eigenvalue weighted by atomic mass is 9.98. The summed E-state index contributed by atoms with van der Waals surface area (Å²) in [6.07, 6.45) is 2.80. The van der Waals surface area contributed by atoms with Gasteiger partial charge in [-0.05, 0) is 19.6 Å². The van der Waals surface area contributed by atoms with Crippen LogP contribution in [0, 0.1) is 5.41 Å². The molecule has 1 aliphatic carbocycles. The predicted molar refractivity (Wildman–Crippen MR) is 55.8 cm³/mol. The zero-order valence-corrected chi connectivity index (χ0v) is 9.46. The van der Waals surface area contributed by atoms with E-state index in [9.17, 15) is 4.79 Å². The lowest BCUT2D eigenvalue weighted by molar-refractivity contribution is -0.141. The third-order valence-electron chi connectivity index (χ3n) is 3.17. The Morgan fingerprint density at radius 1 is 1.62 bits per heavy atom.